The molecule has 0 saturated carbocycles. The zero-order chi connectivity index (χ0) is 17.7. The van der Waals surface area contributed by atoms with Crippen LogP contribution in [0.2, 0.25) is 10.0 Å². The smallest absolute Gasteiger partial charge is 0.316 e. The fourth-order valence-electron chi connectivity index (χ4n) is 2.04. The van der Waals surface area contributed by atoms with Gasteiger partial charge in [-0.3, -0.25) is 9.59 Å². The topological polar surface area (TPSA) is 89.5 Å². The number of benzene rings is 1. The second-order valence-electron chi connectivity index (χ2n) is 5.17. The second-order valence-corrected chi connectivity index (χ2v) is 9.51. The lowest BCUT2D eigenvalue weighted by molar-refractivity contribution is -0.144. The Kier molecular flexibility index (Phi) is 6.79. The van der Waals surface area contributed by atoms with E-state index < -0.39 is 28.3 Å². The maximum atomic E-state index is 11.7. The normalized spacial score (nSPS) is 19.0. The van der Waals surface area contributed by atoms with Gasteiger partial charge in [0.15, 0.2) is 16.4 Å². The molecular weight excluding hydrogens is 397 g/mol. The number of nitrogens with one attached hydrogen (secondary N) is 1. The predicted molar refractivity (Wildman–Crippen MR) is 95.6 cm³/mol. The molecule has 1 fully saturated rings. The maximum Gasteiger partial charge on any atom is 0.316 e. The van der Waals surface area contributed by atoms with E-state index in [1.165, 1.54) is 23.9 Å². The zero-order valence-electron chi connectivity index (χ0n) is 12.5. The maximum absolute atomic E-state index is 11.7. The van der Waals surface area contributed by atoms with Crippen LogP contribution < -0.4 is 5.32 Å². The molecule has 0 radical (unpaired) electrons. The van der Waals surface area contributed by atoms with E-state index in [2.05, 4.69) is 5.32 Å². The molecule has 24 heavy (non-hydrogen) atoms. The van der Waals surface area contributed by atoms with Crippen LogP contribution in [-0.4, -0.2) is 49.4 Å². The largest absolute Gasteiger partial charge is 0.455 e. The summed E-state index contributed by atoms with van der Waals surface area (Å²) in [5.74, 6) is -0.807. The summed E-state index contributed by atoms with van der Waals surface area (Å²) in [4.78, 5) is 23.3. The van der Waals surface area contributed by atoms with Gasteiger partial charge in [-0.15, -0.1) is 11.8 Å². The van der Waals surface area contributed by atoms with Gasteiger partial charge in [-0.1, -0.05) is 23.2 Å². The van der Waals surface area contributed by atoms with Crippen molar-refractivity contribution in [2.45, 2.75) is 11.7 Å². The number of thioether (sulfide) groups is 1. The number of hydrogen-bond donors (Lipinski definition) is 1. The average molecular weight is 412 g/mol. The lowest BCUT2D eigenvalue weighted by Gasteiger charge is -2.09. The van der Waals surface area contributed by atoms with Gasteiger partial charge in [0.1, 0.15) is 0 Å². The summed E-state index contributed by atoms with van der Waals surface area (Å²) in [6.07, 6.45) is 0.540. The molecule has 1 atom stereocenters. The van der Waals surface area contributed by atoms with Crippen molar-refractivity contribution in [3.05, 3.63) is 28.2 Å². The Morgan fingerprint density at radius 1 is 1.29 bits per heavy atom. The first-order valence-corrected chi connectivity index (χ1v) is 10.6. The molecule has 6 nitrogen and oxygen atoms in total. The number of anilines is 1. The average Bonchev–Trinajstić information content (AvgIpc) is 2.86. The Hall–Kier alpha value is -0.960. The van der Waals surface area contributed by atoms with Crippen molar-refractivity contribution in [1.82, 2.24) is 0 Å². The number of carbonyl (C=O) groups excluding carboxylic acids is 2. The Morgan fingerprint density at radius 3 is 2.67 bits per heavy atom. The van der Waals surface area contributed by atoms with Crippen LogP contribution in [0.4, 0.5) is 5.69 Å². The third-order valence-corrected chi connectivity index (χ3v) is 7.19. The Morgan fingerprint density at radius 2 is 2.04 bits per heavy atom. The summed E-state index contributed by atoms with van der Waals surface area (Å²) >= 11 is 12.8. The Balaban J connectivity index is 1.69. The molecule has 1 aromatic carbocycles. The van der Waals surface area contributed by atoms with Gasteiger partial charge in [0.25, 0.3) is 5.91 Å². The lowest BCUT2D eigenvalue weighted by atomic mass is 10.3. The van der Waals surface area contributed by atoms with Gasteiger partial charge in [-0.05, 0) is 24.6 Å². The molecule has 2 rings (SSSR count). The molecule has 132 valence electrons. The number of sulfone groups is 1. The first-order valence-electron chi connectivity index (χ1n) is 6.98. The third kappa shape index (κ3) is 6.16. The highest BCUT2D eigenvalue weighted by Crippen LogP contribution is 2.25. The van der Waals surface area contributed by atoms with Gasteiger partial charge in [0.05, 0.1) is 27.3 Å². The summed E-state index contributed by atoms with van der Waals surface area (Å²) in [7, 11) is -2.97. The lowest BCUT2D eigenvalue weighted by Crippen LogP contribution is -2.22. The van der Waals surface area contributed by atoms with Gasteiger partial charge in [0, 0.05) is 10.9 Å². The summed E-state index contributed by atoms with van der Waals surface area (Å²) < 4.78 is 27.5. The monoisotopic (exact) mass is 411 g/mol. The molecule has 1 aromatic rings. The van der Waals surface area contributed by atoms with Gasteiger partial charge in [0.2, 0.25) is 0 Å². The summed E-state index contributed by atoms with van der Waals surface area (Å²) in [6, 6.07) is 4.60. The number of rotatable bonds is 6. The quantitative estimate of drug-likeness (QED) is 0.722. The fourth-order valence-corrected chi connectivity index (χ4v) is 5.77. The number of esters is 1. The summed E-state index contributed by atoms with van der Waals surface area (Å²) in [5.41, 5.74) is 0.441. The van der Waals surface area contributed by atoms with E-state index in [0.29, 0.717) is 22.2 Å². The molecule has 0 aliphatic carbocycles. The van der Waals surface area contributed by atoms with E-state index in [4.69, 9.17) is 27.9 Å². The predicted octanol–water partition coefficient (Wildman–Crippen LogP) is 2.40. The SMILES string of the molecule is O=C(COC(=O)CS[C@H]1CCS(=O)(=O)C1)Nc1ccc(Cl)c(Cl)c1. The van der Waals surface area contributed by atoms with Gasteiger partial charge in [-0.2, -0.15) is 0 Å². The first-order chi connectivity index (χ1) is 11.2. The number of carbonyl (C=O) groups is 2. The van der Waals surface area contributed by atoms with Crippen molar-refractivity contribution in [2.24, 2.45) is 0 Å². The number of halogens is 2. The van der Waals surface area contributed by atoms with Crippen LogP contribution in [0.5, 0.6) is 0 Å². The molecular formula is C14H15Cl2NO5S2. The molecule has 0 bridgehead atoms. The molecule has 10 heteroatoms. The van der Waals surface area contributed by atoms with Crippen molar-refractivity contribution in [2.75, 3.05) is 29.2 Å². The number of ether oxygens (including phenoxy) is 1. The molecule has 0 spiro atoms. The van der Waals surface area contributed by atoms with E-state index in [1.54, 1.807) is 6.07 Å². The highest BCUT2D eigenvalue weighted by atomic mass is 35.5. The van der Waals surface area contributed by atoms with Crippen LogP contribution >= 0.6 is 35.0 Å². The van der Waals surface area contributed by atoms with E-state index in [9.17, 15) is 18.0 Å². The van der Waals surface area contributed by atoms with Gasteiger partial charge in [-0.25, -0.2) is 8.42 Å². The molecule has 0 unspecified atom stereocenters. The molecule has 1 aliphatic heterocycles. The molecule has 1 heterocycles. The van der Waals surface area contributed by atoms with Crippen molar-refractivity contribution >= 4 is 62.4 Å². The Bertz CT molecular complexity index is 739. The molecule has 0 aromatic heterocycles. The third-order valence-electron chi connectivity index (χ3n) is 3.20. The van der Waals surface area contributed by atoms with Gasteiger partial charge < -0.3 is 10.1 Å². The van der Waals surface area contributed by atoms with E-state index >= 15 is 0 Å². The number of amides is 1. The van der Waals surface area contributed by atoms with Crippen LogP contribution in [0, 0.1) is 0 Å². The standard InChI is InChI=1S/C14H15Cl2NO5S2/c15-11-2-1-9(5-12(11)16)17-13(18)6-22-14(19)7-23-10-3-4-24(20,21)8-10/h1-2,5,10H,3-4,6-8H2,(H,17,18)/t10-/m0/s1. The highest BCUT2D eigenvalue weighted by Gasteiger charge is 2.28. The van der Waals surface area contributed by atoms with E-state index in [-0.39, 0.29) is 22.5 Å². The van der Waals surface area contributed by atoms with Crippen molar-refractivity contribution in [3.63, 3.8) is 0 Å². The van der Waals surface area contributed by atoms with Crippen LogP contribution in [-0.2, 0) is 24.2 Å². The van der Waals surface area contributed by atoms with Crippen LogP contribution in [0.25, 0.3) is 0 Å². The van der Waals surface area contributed by atoms with Crippen molar-refractivity contribution in [3.8, 4) is 0 Å². The molecule has 1 N–H and O–H groups in total. The van der Waals surface area contributed by atoms with Crippen molar-refractivity contribution in [1.29, 1.82) is 0 Å². The number of hydrogen-bond acceptors (Lipinski definition) is 6. The van der Waals surface area contributed by atoms with E-state index in [0.717, 1.165) is 0 Å². The first kappa shape index (κ1) is 19.4. The summed E-state index contributed by atoms with van der Waals surface area (Å²) in [5, 5.41) is 3.11. The highest BCUT2D eigenvalue weighted by molar-refractivity contribution is 8.02. The fraction of sp³-hybridized carbons (Fsp3) is 0.429. The molecule has 1 aliphatic rings. The van der Waals surface area contributed by atoms with Crippen LogP contribution in [0.3, 0.4) is 0 Å². The van der Waals surface area contributed by atoms with Crippen LogP contribution in [0.15, 0.2) is 18.2 Å². The minimum Gasteiger partial charge on any atom is -0.455 e. The molecule has 1 saturated heterocycles. The van der Waals surface area contributed by atoms with Gasteiger partial charge >= 0.3 is 5.97 Å². The molecule has 1 amide bonds. The minimum atomic E-state index is -2.97. The minimum absolute atomic E-state index is 0.0141. The van der Waals surface area contributed by atoms with Crippen LogP contribution in [0.1, 0.15) is 6.42 Å². The van der Waals surface area contributed by atoms with E-state index in [1.807, 2.05) is 0 Å². The van der Waals surface area contributed by atoms with Crippen molar-refractivity contribution < 1.29 is 22.7 Å². The summed E-state index contributed by atoms with van der Waals surface area (Å²) in [6.45, 7) is -0.428. The Labute approximate surface area is 154 Å². The zero-order valence-corrected chi connectivity index (χ0v) is 15.6. The second kappa shape index (κ2) is 8.42.